The molecule has 3 aromatic carbocycles. The second-order valence-electron chi connectivity index (χ2n) is 10.7. The molecule has 8 heteroatoms. The van der Waals surface area contributed by atoms with Gasteiger partial charge in [0.25, 0.3) is 10.0 Å². The van der Waals surface area contributed by atoms with Crippen molar-refractivity contribution >= 4 is 27.5 Å². The third-order valence-electron chi connectivity index (χ3n) is 6.76. The van der Waals surface area contributed by atoms with Gasteiger partial charge < -0.3 is 10.2 Å². The first kappa shape index (κ1) is 30.9. The van der Waals surface area contributed by atoms with E-state index in [1.165, 1.54) is 9.21 Å². The van der Waals surface area contributed by atoms with E-state index >= 15 is 0 Å². The van der Waals surface area contributed by atoms with Crippen LogP contribution in [0, 0.1) is 27.7 Å². The lowest BCUT2D eigenvalue weighted by Crippen LogP contribution is -2.53. The van der Waals surface area contributed by atoms with Gasteiger partial charge in [0.2, 0.25) is 11.8 Å². The normalized spacial score (nSPS) is 12.2. The maximum Gasteiger partial charge on any atom is 0.264 e. The van der Waals surface area contributed by atoms with Gasteiger partial charge in [-0.05, 0) is 77.3 Å². The molecule has 0 aliphatic heterocycles. The fourth-order valence-electron chi connectivity index (χ4n) is 4.74. The minimum Gasteiger partial charge on any atom is -0.352 e. The van der Waals surface area contributed by atoms with Gasteiger partial charge in [0.05, 0.1) is 10.6 Å². The SMILES string of the molecule is CCC(C(=O)NC(C)C)N(Cc1cccc(C)c1)C(=O)CN(c1ccc(C)cc1C)S(=O)(=O)c1ccc(C)cc1. The third-order valence-corrected chi connectivity index (χ3v) is 8.54. The zero-order valence-corrected chi connectivity index (χ0v) is 25.4. The molecule has 7 nitrogen and oxygen atoms in total. The van der Waals surface area contributed by atoms with Crippen LogP contribution in [0.1, 0.15) is 55.0 Å². The second kappa shape index (κ2) is 13.1. The van der Waals surface area contributed by atoms with E-state index in [0.717, 1.165) is 27.8 Å². The number of aryl methyl sites for hydroxylation is 4. The summed E-state index contributed by atoms with van der Waals surface area (Å²) in [5.41, 5.74) is 4.97. The van der Waals surface area contributed by atoms with Crippen LogP contribution in [-0.4, -0.2) is 43.8 Å². The maximum absolute atomic E-state index is 14.2. The van der Waals surface area contributed by atoms with Gasteiger partial charge in [-0.25, -0.2) is 8.42 Å². The lowest BCUT2D eigenvalue weighted by molar-refractivity contribution is -0.140. The molecule has 3 rings (SSSR count). The van der Waals surface area contributed by atoms with Crippen LogP contribution >= 0.6 is 0 Å². The molecule has 2 amide bonds. The molecular weight excluding hydrogens is 522 g/mol. The van der Waals surface area contributed by atoms with Gasteiger partial charge in [0.15, 0.2) is 0 Å². The average Bonchev–Trinajstić information content (AvgIpc) is 2.87. The highest BCUT2D eigenvalue weighted by Crippen LogP contribution is 2.28. The molecule has 40 heavy (non-hydrogen) atoms. The molecule has 1 atom stereocenters. The summed E-state index contributed by atoms with van der Waals surface area (Å²) in [7, 11) is -4.10. The van der Waals surface area contributed by atoms with Gasteiger partial charge >= 0.3 is 0 Å². The number of nitrogens with one attached hydrogen (secondary N) is 1. The summed E-state index contributed by atoms with van der Waals surface area (Å²) in [4.78, 5) is 29.0. The number of nitrogens with zero attached hydrogens (tertiary/aromatic N) is 2. The van der Waals surface area contributed by atoms with Gasteiger partial charge in [-0.3, -0.25) is 13.9 Å². The number of hydrogen-bond acceptors (Lipinski definition) is 4. The fourth-order valence-corrected chi connectivity index (χ4v) is 6.22. The first-order valence-corrected chi connectivity index (χ1v) is 15.1. The van der Waals surface area contributed by atoms with Crippen LogP contribution in [0.25, 0.3) is 0 Å². The Kier molecular flexibility index (Phi) is 10.1. The zero-order valence-electron chi connectivity index (χ0n) is 24.6. The molecule has 3 aromatic rings. The number of carbonyl (C=O) groups excluding carboxylic acids is 2. The standard InChI is InChI=1S/C32H41N3O4S/c1-8-29(32(37)33-22(2)3)34(20-27-11-9-10-24(5)19-27)31(36)21-35(30-17-14-25(6)18-26(30)7)40(38,39)28-15-12-23(4)13-16-28/h9-19,22,29H,8,20-21H2,1-7H3,(H,33,37). The number of sulfonamides is 1. The van der Waals surface area contributed by atoms with Crippen molar-refractivity contribution in [1.29, 1.82) is 0 Å². The van der Waals surface area contributed by atoms with Crippen LogP contribution in [0.15, 0.2) is 71.6 Å². The predicted molar refractivity (Wildman–Crippen MR) is 161 cm³/mol. The molecule has 0 saturated heterocycles. The smallest absolute Gasteiger partial charge is 0.264 e. The molecule has 0 aliphatic rings. The summed E-state index contributed by atoms with van der Waals surface area (Å²) in [6, 6.07) is 18.9. The van der Waals surface area contributed by atoms with Crippen molar-refractivity contribution in [2.75, 3.05) is 10.8 Å². The molecule has 1 N–H and O–H groups in total. The summed E-state index contributed by atoms with van der Waals surface area (Å²) in [6.45, 7) is 12.9. The van der Waals surface area contributed by atoms with Crippen LogP contribution < -0.4 is 9.62 Å². The van der Waals surface area contributed by atoms with Crippen molar-refractivity contribution in [3.8, 4) is 0 Å². The lowest BCUT2D eigenvalue weighted by atomic mass is 10.1. The van der Waals surface area contributed by atoms with E-state index in [0.29, 0.717) is 12.1 Å². The predicted octanol–water partition coefficient (Wildman–Crippen LogP) is 5.45. The first-order chi connectivity index (χ1) is 18.8. The summed E-state index contributed by atoms with van der Waals surface area (Å²) in [6.07, 6.45) is 0.379. The van der Waals surface area contributed by atoms with Crippen LogP contribution in [0.5, 0.6) is 0 Å². The summed E-state index contributed by atoms with van der Waals surface area (Å²) in [5.74, 6) is -0.721. The Balaban J connectivity index is 2.10. The van der Waals surface area contributed by atoms with E-state index in [2.05, 4.69) is 5.32 Å². The Bertz CT molecular complexity index is 1450. The molecule has 0 spiro atoms. The molecule has 0 heterocycles. The van der Waals surface area contributed by atoms with Gasteiger partial charge in [0.1, 0.15) is 12.6 Å². The van der Waals surface area contributed by atoms with Crippen molar-refractivity contribution in [3.63, 3.8) is 0 Å². The van der Waals surface area contributed by atoms with Crippen LogP contribution in [0.4, 0.5) is 5.69 Å². The number of anilines is 1. The van der Waals surface area contributed by atoms with Crippen molar-refractivity contribution in [3.05, 3.63) is 94.5 Å². The Hall–Kier alpha value is -3.65. The van der Waals surface area contributed by atoms with Gasteiger partial charge in [-0.1, -0.05) is 72.1 Å². The van der Waals surface area contributed by atoms with E-state index in [4.69, 9.17) is 0 Å². The van der Waals surface area contributed by atoms with E-state index < -0.39 is 28.5 Å². The van der Waals surface area contributed by atoms with Crippen LogP contribution in [0.2, 0.25) is 0 Å². The minimum atomic E-state index is -4.10. The Morgan fingerprint density at radius 3 is 2.05 bits per heavy atom. The second-order valence-corrected chi connectivity index (χ2v) is 12.6. The van der Waals surface area contributed by atoms with E-state index in [1.54, 1.807) is 30.3 Å². The molecule has 0 saturated carbocycles. The molecule has 0 aromatic heterocycles. The first-order valence-electron chi connectivity index (χ1n) is 13.7. The van der Waals surface area contributed by atoms with Gasteiger partial charge in [-0.15, -0.1) is 0 Å². The highest BCUT2D eigenvalue weighted by atomic mass is 32.2. The van der Waals surface area contributed by atoms with E-state index in [1.807, 2.05) is 84.9 Å². The Labute approximate surface area is 239 Å². The summed E-state index contributed by atoms with van der Waals surface area (Å²) in [5, 5.41) is 2.92. The third kappa shape index (κ3) is 7.50. The molecule has 0 aliphatic carbocycles. The number of amides is 2. The fraction of sp³-hybridized carbons (Fsp3) is 0.375. The minimum absolute atomic E-state index is 0.0979. The number of benzene rings is 3. The average molecular weight is 564 g/mol. The lowest BCUT2D eigenvalue weighted by Gasteiger charge is -2.34. The van der Waals surface area contributed by atoms with Crippen molar-refractivity contribution in [2.24, 2.45) is 0 Å². The molecule has 1 unspecified atom stereocenters. The van der Waals surface area contributed by atoms with E-state index in [-0.39, 0.29) is 23.4 Å². The van der Waals surface area contributed by atoms with Gasteiger partial charge in [0, 0.05) is 12.6 Å². The highest BCUT2D eigenvalue weighted by Gasteiger charge is 2.34. The van der Waals surface area contributed by atoms with Crippen molar-refractivity contribution in [2.45, 2.75) is 78.4 Å². The van der Waals surface area contributed by atoms with E-state index in [9.17, 15) is 18.0 Å². The maximum atomic E-state index is 14.2. The molecule has 0 bridgehead atoms. The van der Waals surface area contributed by atoms with Crippen LogP contribution in [-0.2, 0) is 26.2 Å². The number of hydrogen-bond donors (Lipinski definition) is 1. The highest BCUT2D eigenvalue weighted by molar-refractivity contribution is 7.92. The van der Waals surface area contributed by atoms with Crippen molar-refractivity contribution in [1.82, 2.24) is 10.2 Å². The quantitative estimate of drug-likeness (QED) is 0.336. The molecule has 0 fully saturated rings. The Morgan fingerprint density at radius 2 is 1.48 bits per heavy atom. The molecule has 214 valence electrons. The Morgan fingerprint density at radius 1 is 0.850 bits per heavy atom. The summed E-state index contributed by atoms with van der Waals surface area (Å²) >= 11 is 0. The topological polar surface area (TPSA) is 86.8 Å². The molecular formula is C32H41N3O4S. The zero-order chi connectivity index (χ0) is 29.6. The number of rotatable bonds is 11. The summed E-state index contributed by atoms with van der Waals surface area (Å²) < 4.78 is 29.2. The van der Waals surface area contributed by atoms with Crippen molar-refractivity contribution < 1.29 is 18.0 Å². The van der Waals surface area contributed by atoms with Crippen LogP contribution in [0.3, 0.4) is 0 Å². The largest absolute Gasteiger partial charge is 0.352 e. The molecule has 0 radical (unpaired) electrons. The monoisotopic (exact) mass is 563 g/mol. The number of carbonyl (C=O) groups is 2. The van der Waals surface area contributed by atoms with Gasteiger partial charge in [-0.2, -0.15) is 0 Å².